The van der Waals surface area contributed by atoms with E-state index >= 15 is 0 Å². The minimum atomic E-state index is 0.646. The van der Waals surface area contributed by atoms with Crippen molar-refractivity contribution in [1.82, 2.24) is 5.16 Å². The zero-order valence-electron chi connectivity index (χ0n) is 6.72. The lowest BCUT2D eigenvalue weighted by Crippen LogP contribution is -1.90. The molecule has 2 heteroatoms. The van der Waals surface area contributed by atoms with E-state index in [0.717, 1.165) is 17.9 Å². The van der Waals surface area contributed by atoms with Crippen molar-refractivity contribution < 1.29 is 4.52 Å². The molecule has 10 heavy (non-hydrogen) atoms. The van der Waals surface area contributed by atoms with Gasteiger partial charge in [0.25, 0.3) is 0 Å². The standard InChI is InChI=1S/C8H13NO/c1-6(2)4-8-5-7(3)9-10-8/h5-6H,4H2,1-3H3. The average molecular weight is 139 g/mol. The van der Waals surface area contributed by atoms with Crippen LogP contribution in [0, 0.1) is 12.8 Å². The first-order valence-corrected chi connectivity index (χ1v) is 3.60. The molecule has 0 atom stereocenters. The molecule has 0 unspecified atom stereocenters. The van der Waals surface area contributed by atoms with Gasteiger partial charge in [0.15, 0.2) is 0 Å². The van der Waals surface area contributed by atoms with E-state index in [2.05, 4.69) is 19.0 Å². The van der Waals surface area contributed by atoms with Crippen LogP contribution in [0.15, 0.2) is 10.6 Å². The summed E-state index contributed by atoms with van der Waals surface area (Å²) < 4.78 is 5.03. The average Bonchev–Trinajstić information content (AvgIpc) is 2.13. The molecule has 0 amide bonds. The van der Waals surface area contributed by atoms with Crippen molar-refractivity contribution in [1.29, 1.82) is 0 Å². The molecule has 1 rings (SSSR count). The third-order valence-corrected chi connectivity index (χ3v) is 1.29. The van der Waals surface area contributed by atoms with Crippen LogP contribution in [0.2, 0.25) is 0 Å². The molecule has 0 aliphatic heterocycles. The minimum absolute atomic E-state index is 0.646. The first kappa shape index (κ1) is 7.32. The van der Waals surface area contributed by atoms with Crippen LogP contribution in [-0.2, 0) is 6.42 Å². The summed E-state index contributed by atoms with van der Waals surface area (Å²) in [7, 11) is 0. The summed E-state index contributed by atoms with van der Waals surface area (Å²) in [5.41, 5.74) is 0.968. The Morgan fingerprint density at radius 1 is 1.60 bits per heavy atom. The van der Waals surface area contributed by atoms with Crippen molar-refractivity contribution in [3.05, 3.63) is 17.5 Å². The SMILES string of the molecule is Cc1cc(CC(C)C)on1. The highest BCUT2D eigenvalue weighted by Crippen LogP contribution is 2.08. The van der Waals surface area contributed by atoms with Crippen LogP contribution in [0.5, 0.6) is 0 Å². The molecule has 2 nitrogen and oxygen atoms in total. The van der Waals surface area contributed by atoms with E-state index in [1.165, 1.54) is 0 Å². The lowest BCUT2D eigenvalue weighted by atomic mass is 10.1. The van der Waals surface area contributed by atoms with Crippen LogP contribution in [0.1, 0.15) is 25.3 Å². The molecule has 0 bridgehead atoms. The third kappa shape index (κ3) is 1.87. The number of hydrogen-bond acceptors (Lipinski definition) is 2. The highest BCUT2D eigenvalue weighted by Gasteiger charge is 2.02. The van der Waals surface area contributed by atoms with Crippen molar-refractivity contribution in [3.63, 3.8) is 0 Å². The molecule has 1 aromatic rings. The number of hydrogen-bond donors (Lipinski definition) is 0. The van der Waals surface area contributed by atoms with Gasteiger partial charge in [-0.05, 0) is 12.8 Å². The minimum Gasteiger partial charge on any atom is -0.361 e. The Labute approximate surface area is 61.2 Å². The zero-order chi connectivity index (χ0) is 7.56. The molecule has 56 valence electrons. The molecular formula is C8H13NO. The van der Waals surface area contributed by atoms with Gasteiger partial charge < -0.3 is 4.52 Å². The van der Waals surface area contributed by atoms with E-state index < -0.39 is 0 Å². The normalized spacial score (nSPS) is 10.8. The van der Waals surface area contributed by atoms with Gasteiger partial charge in [-0.15, -0.1) is 0 Å². The highest BCUT2D eigenvalue weighted by molar-refractivity contribution is 5.03. The molecule has 0 saturated heterocycles. The molecule has 0 radical (unpaired) electrons. The van der Waals surface area contributed by atoms with E-state index in [1.807, 2.05) is 13.0 Å². The summed E-state index contributed by atoms with van der Waals surface area (Å²) >= 11 is 0. The molecule has 0 aliphatic carbocycles. The van der Waals surface area contributed by atoms with Gasteiger partial charge in [-0.3, -0.25) is 0 Å². The van der Waals surface area contributed by atoms with Crippen LogP contribution in [0.25, 0.3) is 0 Å². The molecule has 0 aliphatic rings. The van der Waals surface area contributed by atoms with Gasteiger partial charge >= 0.3 is 0 Å². The summed E-state index contributed by atoms with van der Waals surface area (Å²) in [6.45, 7) is 6.27. The van der Waals surface area contributed by atoms with Gasteiger partial charge in [0, 0.05) is 12.5 Å². The predicted octanol–water partition coefficient (Wildman–Crippen LogP) is 2.18. The van der Waals surface area contributed by atoms with Crippen molar-refractivity contribution in [2.45, 2.75) is 27.2 Å². The number of rotatable bonds is 2. The summed E-state index contributed by atoms with van der Waals surface area (Å²) in [5, 5.41) is 3.79. The Balaban J connectivity index is 2.58. The zero-order valence-corrected chi connectivity index (χ0v) is 6.72. The third-order valence-electron chi connectivity index (χ3n) is 1.29. The summed E-state index contributed by atoms with van der Waals surface area (Å²) in [6, 6.07) is 1.99. The monoisotopic (exact) mass is 139 g/mol. The second kappa shape index (κ2) is 2.86. The van der Waals surface area contributed by atoms with Gasteiger partial charge in [-0.25, -0.2) is 0 Å². The smallest absolute Gasteiger partial charge is 0.137 e. The highest BCUT2D eigenvalue weighted by atomic mass is 16.5. The van der Waals surface area contributed by atoms with Gasteiger partial charge in [-0.2, -0.15) is 0 Å². The van der Waals surface area contributed by atoms with Gasteiger partial charge in [0.05, 0.1) is 5.69 Å². The van der Waals surface area contributed by atoms with Crippen molar-refractivity contribution in [3.8, 4) is 0 Å². The summed E-state index contributed by atoms with van der Waals surface area (Å²) in [5.74, 6) is 1.64. The largest absolute Gasteiger partial charge is 0.361 e. The second-order valence-electron chi connectivity index (χ2n) is 3.03. The summed E-state index contributed by atoms with van der Waals surface area (Å²) in [4.78, 5) is 0. The molecule has 0 aromatic carbocycles. The molecular weight excluding hydrogens is 126 g/mol. The fourth-order valence-electron chi connectivity index (χ4n) is 0.915. The topological polar surface area (TPSA) is 26.0 Å². The molecule has 0 fully saturated rings. The van der Waals surface area contributed by atoms with Crippen LogP contribution in [0.4, 0.5) is 0 Å². The van der Waals surface area contributed by atoms with Gasteiger partial charge in [0.2, 0.25) is 0 Å². The van der Waals surface area contributed by atoms with E-state index in [4.69, 9.17) is 4.52 Å². The first-order chi connectivity index (χ1) is 4.68. The van der Waals surface area contributed by atoms with E-state index in [-0.39, 0.29) is 0 Å². The maximum absolute atomic E-state index is 5.03. The van der Waals surface area contributed by atoms with E-state index in [0.29, 0.717) is 5.92 Å². The number of aromatic nitrogens is 1. The van der Waals surface area contributed by atoms with Gasteiger partial charge in [0.1, 0.15) is 5.76 Å². The summed E-state index contributed by atoms with van der Waals surface area (Å²) in [6.07, 6.45) is 0.987. The Kier molecular flexibility index (Phi) is 2.10. The van der Waals surface area contributed by atoms with Crippen LogP contribution < -0.4 is 0 Å². The lowest BCUT2D eigenvalue weighted by molar-refractivity contribution is 0.365. The number of aryl methyl sites for hydroxylation is 1. The molecule has 0 spiro atoms. The maximum atomic E-state index is 5.03. The van der Waals surface area contributed by atoms with Gasteiger partial charge in [-0.1, -0.05) is 19.0 Å². The number of nitrogens with zero attached hydrogens (tertiary/aromatic N) is 1. The Morgan fingerprint density at radius 2 is 2.30 bits per heavy atom. The van der Waals surface area contributed by atoms with Crippen molar-refractivity contribution in [2.75, 3.05) is 0 Å². The fourth-order valence-corrected chi connectivity index (χ4v) is 0.915. The van der Waals surface area contributed by atoms with E-state index in [9.17, 15) is 0 Å². The second-order valence-corrected chi connectivity index (χ2v) is 3.03. The quantitative estimate of drug-likeness (QED) is 0.627. The predicted molar refractivity (Wildman–Crippen MR) is 39.8 cm³/mol. The lowest BCUT2D eigenvalue weighted by Gasteiger charge is -1.96. The Hall–Kier alpha value is -0.790. The molecule has 1 heterocycles. The molecule has 0 N–H and O–H groups in total. The Morgan fingerprint density at radius 3 is 2.70 bits per heavy atom. The van der Waals surface area contributed by atoms with Crippen molar-refractivity contribution in [2.24, 2.45) is 5.92 Å². The first-order valence-electron chi connectivity index (χ1n) is 3.60. The molecule has 1 aromatic heterocycles. The Bertz CT molecular complexity index is 203. The molecule has 0 saturated carbocycles. The van der Waals surface area contributed by atoms with Crippen LogP contribution >= 0.6 is 0 Å². The van der Waals surface area contributed by atoms with Crippen LogP contribution in [0.3, 0.4) is 0 Å². The van der Waals surface area contributed by atoms with Crippen molar-refractivity contribution >= 4 is 0 Å². The van der Waals surface area contributed by atoms with Crippen LogP contribution in [-0.4, -0.2) is 5.16 Å². The fraction of sp³-hybridized carbons (Fsp3) is 0.625. The van der Waals surface area contributed by atoms with E-state index in [1.54, 1.807) is 0 Å². The maximum Gasteiger partial charge on any atom is 0.137 e.